The van der Waals surface area contributed by atoms with Gasteiger partial charge in [-0.2, -0.15) is 0 Å². The molecule has 0 bridgehead atoms. The Morgan fingerprint density at radius 1 is 1.45 bits per heavy atom. The molecule has 0 radical (unpaired) electrons. The number of amides is 2. The van der Waals surface area contributed by atoms with Crippen molar-refractivity contribution in [3.8, 4) is 0 Å². The van der Waals surface area contributed by atoms with Gasteiger partial charge in [0.2, 0.25) is 11.8 Å². The van der Waals surface area contributed by atoms with Gasteiger partial charge in [-0.15, -0.1) is 11.8 Å². The number of hydrogen-bond donors (Lipinski definition) is 2. The molecule has 7 heteroatoms. The van der Waals surface area contributed by atoms with Crippen molar-refractivity contribution in [2.24, 2.45) is 0 Å². The first-order chi connectivity index (χ1) is 9.72. The number of nitrogens with zero attached hydrogens (tertiary/aromatic N) is 2. The van der Waals surface area contributed by atoms with E-state index in [0.29, 0.717) is 24.0 Å². The molecule has 2 heterocycles. The lowest BCUT2D eigenvalue weighted by atomic mass is 10.3. The molecule has 3 rings (SSSR count). The van der Waals surface area contributed by atoms with Crippen LogP contribution in [0.1, 0.15) is 5.82 Å². The second kappa shape index (κ2) is 5.54. The Bertz CT molecular complexity index is 622. The van der Waals surface area contributed by atoms with Crippen molar-refractivity contribution in [2.75, 3.05) is 18.2 Å². The summed E-state index contributed by atoms with van der Waals surface area (Å²) < 4.78 is 0. The first-order valence-corrected chi connectivity index (χ1v) is 7.44. The van der Waals surface area contributed by atoms with E-state index < -0.39 is 0 Å². The third-order valence-corrected chi connectivity index (χ3v) is 4.00. The van der Waals surface area contributed by atoms with E-state index in [1.807, 2.05) is 24.3 Å². The van der Waals surface area contributed by atoms with Crippen molar-refractivity contribution in [3.05, 3.63) is 30.1 Å². The third-order valence-electron chi connectivity index (χ3n) is 3.05. The van der Waals surface area contributed by atoms with Crippen molar-refractivity contribution in [1.82, 2.24) is 20.2 Å². The molecule has 1 aromatic heterocycles. The second-order valence-corrected chi connectivity index (χ2v) is 5.50. The molecule has 0 spiro atoms. The molecular formula is C13H14N4O2S. The average molecular weight is 290 g/mol. The Hall–Kier alpha value is -2.02. The van der Waals surface area contributed by atoms with Crippen LogP contribution in [0, 0.1) is 0 Å². The summed E-state index contributed by atoms with van der Waals surface area (Å²) >= 11 is 1.53. The maximum atomic E-state index is 11.8. The molecule has 2 amide bonds. The summed E-state index contributed by atoms with van der Waals surface area (Å²) in [6, 6.07) is 7.70. The molecule has 0 unspecified atom stereocenters. The number of fused-ring (bicyclic) bond motifs is 1. The van der Waals surface area contributed by atoms with Crippen molar-refractivity contribution >= 4 is 34.6 Å². The van der Waals surface area contributed by atoms with Gasteiger partial charge >= 0.3 is 0 Å². The number of benzene rings is 1. The Kier molecular flexibility index (Phi) is 3.60. The number of para-hydroxylation sites is 2. The highest BCUT2D eigenvalue weighted by Crippen LogP contribution is 2.14. The van der Waals surface area contributed by atoms with E-state index in [0.717, 1.165) is 11.0 Å². The quantitative estimate of drug-likeness (QED) is 0.869. The number of nitrogens with one attached hydrogen (secondary N) is 2. The Morgan fingerprint density at radius 3 is 3.05 bits per heavy atom. The monoisotopic (exact) mass is 290 g/mol. The van der Waals surface area contributed by atoms with Gasteiger partial charge in [-0.1, -0.05) is 12.1 Å². The minimum absolute atomic E-state index is 0.0221. The molecule has 0 aliphatic carbocycles. The van der Waals surface area contributed by atoms with E-state index in [1.54, 1.807) is 4.90 Å². The number of H-pyrrole nitrogens is 1. The van der Waals surface area contributed by atoms with Crippen LogP contribution in [0.2, 0.25) is 0 Å². The molecular weight excluding hydrogens is 276 g/mol. The van der Waals surface area contributed by atoms with Crippen LogP contribution in [0.25, 0.3) is 11.0 Å². The fraction of sp³-hybridized carbons (Fsp3) is 0.308. The molecule has 0 saturated carbocycles. The summed E-state index contributed by atoms with van der Waals surface area (Å²) in [5.74, 6) is 1.63. The van der Waals surface area contributed by atoms with E-state index >= 15 is 0 Å². The van der Waals surface area contributed by atoms with Crippen LogP contribution in [-0.4, -0.2) is 44.9 Å². The van der Waals surface area contributed by atoms with Gasteiger partial charge in [0.25, 0.3) is 0 Å². The van der Waals surface area contributed by atoms with Gasteiger partial charge in [0.05, 0.1) is 29.2 Å². The predicted molar refractivity (Wildman–Crippen MR) is 77.0 cm³/mol. The van der Waals surface area contributed by atoms with E-state index in [4.69, 9.17) is 0 Å². The molecule has 1 aliphatic heterocycles. The molecule has 104 valence electrons. The number of imidazole rings is 1. The summed E-state index contributed by atoms with van der Waals surface area (Å²) in [6.45, 7) is 0.453. The van der Waals surface area contributed by atoms with E-state index in [1.165, 1.54) is 11.8 Å². The third kappa shape index (κ3) is 2.77. The average Bonchev–Trinajstić information content (AvgIpc) is 3.03. The summed E-state index contributed by atoms with van der Waals surface area (Å²) in [4.78, 5) is 32.3. The first kappa shape index (κ1) is 13.0. The summed E-state index contributed by atoms with van der Waals surface area (Å²) in [7, 11) is 0. The van der Waals surface area contributed by atoms with E-state index in [-0.39, 0.29) is 18.4 Å². The predicted octanol–water partition coefficient (Wildman–Crippen LogP) is 0.712. The van der Waals surface area contributed by atoms with Gasteiger partial charge in [0, 0.05) is 0 Å². The summed E-state index contributed by atoms with van der Waals surface area (Å²) in [6.07, 6.45) is 0. The summed E-state index contributed by atoms with van der Waals surface area (Å²) in [5, 5.41) is 2.77. The first-order valence-electron chi connectivity index (χ1n) is 6.28. The number of aromatic nitrogens is 2. The fourth-order valence-electron chi connectivity index (χ4n) is 2.04. The molecule has 2 aromatic rings. The highest BCUT2D eigenvalue weighted by Gasteiger charge is 2.22. The maximum absolute atomic E-state index is 11.8. The molecule has 20 heavy (non-hydrogen) atoms. The maximum Gasteiger partial charge on any atom is 0.240 e. The number of aromatic amines is 1. The normalized spacial score (nSPS) is 15.0. The van der Waals surface area contributed by atoms with Crippen LogP contribution >= 0.6 is 11.8 Å². The van der Waals surface area contributed by atoms with E-state index in [9.17, 15) is 9.59 Å². The highest BCUT2D eigenvalue weighted by molar-refractivity contribution is 8.00. The van der Waals surface area contributed by atoms with Crippen LogP contribution < -0.4 is 5.32 Å². The molecule has 2 N–H and O–H groups in total. The highest BCUT2D eigenvalue weighted by atomic mass is 32.2. The smallest absolute Gasteiger partial charge is 0.240 e. The van der Waals surface area contributed by atoms with Crippen molar-refractivity contribution in [2.45, 2.75) is 6.54 Å². The zero-order valence-electron chi connectivity index (χ0n) is 10.8. The largest absolute Gasteiger partial charge is 0.347 e. The zero-order chi connectivity index (χ0) is 13.9. The summed E-state index contributed by atoms with van der Waals surface area (Å²) in [5.41, 5.74) is 1.82. The van der Waals surface area contributed by atoms with Crippen LogP contribution in [0.3, 0.4) is 0 Å². The van der Waals surface area contributed by atoms with Crippen molar-refractivity contribution in [1.29, 1.82) is 0 Å². The van der Waals surface area contributed by atoms with Gasteiger partial charge in [-0.25, -0.2) is 4.98 Å². The lowest BCUT2D eigenvalue weighted by molar-refractivity contribution is -0.132. The SMILES string of the molecule is O=C(CN1CSCC1=O)NCc1nc2ccccc2[nH]1. The van der Waals surface area contributed by atoms with Crippen LogP contribution in [0.15, 0.2) is 24.3 Å². The van der Waals surface area contributed by atoms with Gasteiger partial charge in [0.1, 0.15) is 12.4 Å². The second-order valence-electron chi connectivity index (χ2n) is 4.55. The number of carbonyl (C=O) groups is 2. The number of hydrogen-bond acceptors (Lipinski definition) is 4. The van der Waals surface area contributed by atoms with Crippen LogP contribution in [-0.2, 0) is 16.1 Å². The number of thioether (sulfide) groups is 1. The molecule has 1 aromatic carbocycles. The van der Waals surface area contributed by atoms with Gasteiger partial charge in [0.15, 0.2) is 0 Å². The Labute approximate surface area is 119 Å². The van der Waals surface area contributed by atoms with Gasteiger partial charge in [-0.05, 0) is 12.1 Å². The fourth-order valence-corrected chi connectivity index (χ4v) is 2.95. The molecule has 1 fully saturated rings. The molecule has 0 atom stereocenters. The molecule has 1 saturated heterocycles. The minimum atomic E-state index is -0.165. The lowest BCUT2D eigenvalue weighted by Gasteiger charge is -2.13. The van der Waals surface area contributed by atoms with Gasteiger partial charge < -0.3 is 15.2 Å². The van der Waals surface area contributed by atoms with Crippen LogP contribution in [0.5, 0.6) is 0 Å². The zero-order valence-corrected chi connectivity index (χ0v) is 11.6. The molecule has 1 aliphatic rings. The lowest BCUT2D eigenvalue weighted by Crippen LogP contribution is -2.38. The van der Waals surface area contributed by atoms with Crippen molar-refractivity contribution < 1.29 is 9.59 Å². The topological polar surface area (TPSA) is 78.1 Å². The van der Waals surface area contributed by atoms with Crippen LogP contribution in [0.4, 0.5) is 0 Å². The van der Waals surface area contributed by atoms with Gasteiger partial charge in [-0.3, -0.25) is 9.59 Å². The van der Waals surface area contributed by atoms with E-state index in [2.05, 4.69) is 15.3 Å². The standard InChI is InChI=1S/C13H14N4O2S/c18-12(6-17-8-20-7-13(17)19)14-5-11-15-9-3-1-2-4-10(9)16-11/h1-4H,5-8H2,(H,14,18)(H,15,16). The number of rotatable bonds is 4. The minimum Gasteiger partial charge on any atom is -0.347 e. The van der Waals surface area contributed by atoms with Crippen molar-refractivity contribution in [3.63, 3.8) is 0 Å². The number of carbonyl (C=O) groups excluding carboxylic acids is 2. The molecule has 6 nitrogen and oxygen atoms in total. The Balaban J connectivity index is 1.56. The Morgan fingerprint density at radius 2 is 2.30 bits per heavy atom.